The number of thiophene rings is 1. The molecule has 29 heavy (non-hydrogen) atoms. The third kappa shape index (κ3) is 3.19. The predicted molar refractivity (Wildman–Crippen MR) is 110 cm³/mol. The zero-order valence-electron chi connectivity index (χ0n) is 15.2. The maximum atomic E-state index is 13.2. The lowest BCUT2D eigenvalue weighted by Crippen LogP contribution is -2.13. The number of hydrogen-bond acceptors (Lipinski definition) is 7. The molecule has 0 unspecified atom stereocenters. The Labute approximate surface area is 169 Å². The minimum Gasteiger partial charge on any atom is -0.360 e. The molecule has 0 spiro atoms. The van der Waals surface area contributed by atoms with E-state index in [0.717, 1.165) is 10.4 Å². The molecule has 0 fully saturated rings. The molecule has 5 aromatic rings. The summed E-state index contributed by atoms with van der Waals surface area (Å²) >= 11 is 1.53. The van der Waals surface area contributed by atoms with Gasteiger partial charge in [-0.3, -0.25) is 4.79 Å². The van der Waals surface area contributed by atoms with Gasteiger partial charge in [-0.2, -0.15) is 0 Å². The molecule has 0 radical (unpaired) electrons. The normalized spacial score (nSPS) is 11.1. The fourth-order valence-corrected chi connectivity index (χ4v) is 3.77. The number of nitrogens with zero attached hydrogens (tertiary/aromatic N) is 3. The molecule has 1 amide bonds. The highest BCUT2D eigenvalue weighted by atomic mass is 32.1. The van der Waals surface area contributed by atoms with Gasteiger partial charge in [-0.1, -0.05) is 46.7 Å². The molecule has 0 aliphatic rings. The Morgan fingerprint density at radius 3 is 2.62 bits per heavy atom. The van der Waals surface area contributed by atoms with Crippen molar-refractivity contribution in [3.63, 3.8) is 0 Å². The van der Waals surface area contributed by atoms with Crippen molar-refractivity contribution in [1.82, 2.24) is 15.3 Å². The Bertz CT molecular complexity index is 1310. The second kappa shape index (κ2) is 6.99. The SMILES string of the molecule is Cc1cc(NC(=O)c2cc(-c3cccs3)nc3onc(-c4ccccc4)c23)no1. The number of pyridine rings is 1. The number of carbonyl (C=O) groups is 1. The lowest BCUT2D eigenvalue weighted by Gasteiger charge is -2.06. The van der Waals surface area contributed by atoms with E-state index in [-0.39, 0.29) is 5.91 Å². The van der Waals surface area contributed by atoms with Crippen LogP contribution in [0.5, 0.6) is 0 Å². The van der Waals surface area contributed by atoms with Gasteiger partial charge < -0.3 is 14.4 Å². The molecule has 0 aliphatic heterocycles. The quantitative estimate of drug-likeness (QED) is 0.446. The van der Waals surface area contributed by atoms with E-state index in [1.54, 1.807) is 19.1 Å². The van der Waals surface area contributed by atoms with Crippen LogP contribution in [0.15, 0.2) is 69.0 Å². The number of carbonyl (C=O) groups excluding carboxylic acids is 1. The van der Waals surface area contributed by atoms with Crippen LogP contribution >= 0.6 is 11.3 Å². The second-order valence-electron chi connectivity index (χ2n) is 6.39. The summed E-state index contributed by atoms with van der Waals surface area (Å²) in [6.07, 6.45) is 0. The Kier molecular flexibility index (Phi) is 4.18. The highest BCUT2D eigenvalue weighted by Crippen LogP contribution is 2.34. The fraction of sp³-hybridized carbons (Fsp3) is 0.0476. The summed E-state index contributed by atoms with van der Waals surface area (Å²) in [5.74, 6) is 0.603. The second-order valence-corrected chi connectivity index (χ2v) is 7.33. The van der Waals surface area contributed by atoms with Crippen molar-refractivity contribution in [2.75, 3.05) is 5.32 Å². The van der Waals surface area contributed by atoms with Crippen molar-refractivity contribution in [1.29, 1.82) is 0 Å². The van der Waals surface area contributed by atoms with Crippen LogP contribution in [0.1, 0.15) is 16.1 Å². The lowest BCUT2D eigenvalue weighted by atomic mass is 10.0. The van der Waals surface area contributed by atoms with Gasteiger partial charge in [0.25, 0.3) is 11.6 Å². The largest absolute Gasteiger partial charge is 0.360 e. The minimum atomic E-state index is -0.344. The van der Waals surface area contributed by atoms with E-state index in [1.165, 1.54) is 11.3 Å². The summed E-state index contributed by atoms with van der Waals surface area (Å²) in [5, 5.41) is 13.3. The van der Waals surface area contributed by atoms with Crippen molar-refractivity contribution >= 4 is 34.2 Å². The van der Waals surface area contributed by atoms with E-state index in [2.05, 4.69) is 20.6 Å². The topological polar surface area (TPSA) is 94.1 Å². The monoisotopic (exact) mass is 402 g/mol. The van der Waals surface area contributed by atoms with Gasteiger partial charge in [-0.15, -0.1) is 11.3 Å². The van der Waals surface area contributed by atoms with E-state index >= 15 is 0 Å². The summed E-state index contributed by atoms with van der Waals surface area (Å²) in [4.78, 5) is 18.7. The average Bonchev–Trinajstić information content (AvgIpc) is 3.49. The van der Waals surface area contributed by atoms with Gasteiger partial charge in [0.1, 0.15) is 11.5 Å². The summed E-state index contributed by atoms with van der Waals surface area (Å²) in [6, 6.07) is 16.8. The smallest absolute Gasteiger partial charge is 0.259 e. The number of hydrogen-bond donors (Lipinski definition) is 1. The van der Waals surface area contributed by atoms with Crippen LogP contribution in [0.2, 0.25) is 0 Å². The number of amides is 1. The van der Waals surface area contributed by atoms with E-state index in [1.807, 2.05) is 47.8 Å². The van der Waals surface area contributed by atoms with Crippen LogP contribution in [0.3, 0.4) is 0 Å². The minimum absolute atomic E-state index is 0.302. The number of aryl methyl sites for hydroxylation is 1. The van der Waals surface area contributed by atoms with Crippen LogP contribution in [-0.4, -0.2) is 21.2 Å². The third-order valence-electron chi connectivity index (χ3n) is 4.38. The molecule has 0 saturated carbocycles. The van der Waals surface area contributed by atoms with Crippen LogP contribution < -0.4 is 5.32 Å². The van der Waals surface area contributed by atoms with E-state index in [4.69, 9.17) is 9.05 Å². The Morgan fingerprint density at radius 1 is 1.03 bits per heavy atom. The average molecular weight is 402 g/mol. The molecule has 1 aromatic carbocycles. The van der Waals surface area contributed by atoms with Gasteiger partial charge in [0.05, 0.1) is 21.5 Å². The zero-order valence-corrected chi connectivity index (χ0v) is 16.1. The summed E-state index contributed by atoms with van der Waals surface area (Å²) in [7, 11) is 0. The molecule has 0 aliphatic carbocycles. The van der Waals surface area contributed by atoms with Gasteiger partial charge >= 0.3 is 0 Å². The Morgan fingerprint density at radius 2 is 1.90 bits per heavy atom. The fourth-order valence-electron chi connectivity index (χ4n) is 3.08. The summed E-state index contributed by atoms with van der Waals surface area (Å²) in [6.45, 7) is 1.76. The number of aromatic nitrogens is 3. The number of nitrogens with one attached hydrogen (secondary N) is 1. The summed E-state index contributed by atoms with van der Waals surface area (Å²) in [5.41, 5.74) is 2.75. The highest BCUT2D eigenvalue weighted by Gasteiger charge is 2.23. The van der Waals surface area contributed by atoms with Crippen LogP contribution in [0, 0.1) is 6.92 Å². The van der Waals surface area contributed by atoms with E-state index in [0.29, 0.717) is 39.6 Å². The van der Waals surface area contributed by atoms with Crippen molar-refractivity contribution in [3.05, 3.63) is 71.3 Å². The van der Waals surface area contributed by atoms with Gasteiger partial charge in [0.15, 0.2) is 5.82 Å². The van der Waals surface area contributed by atoms with E-state index in [9.17, 15) is 4.79 Å². The van der Waals surface area contributed by atoms with Crippen LogP contribution in [0.25, 0.3) is 32.9 Å². The first-order chi connectivity index (χ1) is 14.2. The van der Waals surface area contributed by atoms with Crippen molar-refractivity contribution in [2.24, 2.45) is 0 Å². The number of fused-ring (bicyclic) bond motifs is 1. The molecule has 142 valence electrons. The molecule has 0 bridgehead atoms. The molecule has 1 N–H and O–H groups in total. The van der Waals surface area contributed by atoms with Gasteiger partial charge in [0, 0.05) is 11.6 Å². The molecule has 4 heterocycles. The maximum Gasteiger partial charge on any atom is 0.259 e. The first-order valence-electron chi connectivity index (χ1n) is 8.83. The standard InChI is InChI=1S/C21H14N4O3S/c1-12-10-17(24-27-12)23-20(26)14-11-15(16-8-5-9-29-16)22-21-18(14)19(25-28-21)13-6-3-2-4-7-13/h2-11H,1H3,(H,23,24,26). The third-order valence-corrected chi connectivity index (χ3v) is 5.27. The zero-order chi connectivity index (χ0) is 19.8. The molecular weight excluding hydrogens is 388 g/mol. The Balaban J connectivity index is 1.69. The number of rotatable bonds is 4. The molecule has 5 rings (SSSR count). The molecule has 4 aromatic heterocycles. The van der Waals surface area contributed by atoms with Crippen LogP contribution in [0.4, 0.5) is 5.82 Å². The first-order valence-corrected chi connectivity index (χ1v) is 9.71. The van der Waals surface area contributed by atoms with E-state index < -0.39 is 0 Å². The number of benzene rings is 1. The maximum absolute atomic E-state index is 13.2. The predicted octanol–water partition coefficient (Wildman–Crippen LogP) is 5.17. The van der Waals surface area contributed by atoms with Gasteiger partial charge in [-0.25, -0.2) is 4.98 Å². The van der Waals surface area contributed by atoms with Gasteiger partial charge in [0.2, 0.25) is 0 Å². The summed E-state index contributed by atoms with van der Waals surface area (Å²) < 4.78 is 10.6. The molecule has 8 heteroatoms. The number of anilines is 1. The Hall–Kier alpha value is -3.78. The highest BCUT2D eigenvalue weighted by molar-refractivity contribution is 7.13. The first kappa shape index (κ1) is 17.3. The molecular formula is C21H14N4O3S. The molecule has 7 nitrogen and oxygen atoms in total. The van der Waals surface area contributed by atoms with Crippen LogP contribution in [-0.2, 0) is 0 Å². The van der Waals surface area contributed by atoms with Gasteiger partial charge in [-0.05, 0) is 24.4 Å². The van der Waals surface area contributed by atoms with Crippen molar-refractivity contribution in [2.45, 2.75) is 6.92 Å². The molecule has 0 saturated heterocycles. The lowest BCUT2D eigenvalue weighted by molar-refractivity contribution is 0.102. The van der Waals surface area contributed by atoms with Crippen molar-refractivity contribution < 1.29 is 13.8 Å². The van der Waals surface area contributed by atoms with Crippen molar-refractivity contribution in [3.8, 4) is 21.8 Å². The molecule has 0 atom stereocenters.